The van der Waals surface area contributed by atoms with Crippen LogP contribution in [0.25, 0.3) is 0 Å². The predicted octanol–water partition coefficient (Wildman–Crippen LogP) is 3.72. The lowest BCUT2D eigenvalue weighted by Gasteiger charge is -2.21. The lowest BCUT2D eigenvalue weighted by Crippen LogP contribution is -2.33. The first-order valence-corrected chi connectivity index (χ1v) is 7.82. The summed E-state index contributed by atoms with van der Waals surface area (Å²) in [6.45, 7) is 7.57. The van der Waals surface area contributed by atoms with Crippen molar-refractivity contribution < 1.29 is 9.53 Å². The molecule has 106 valence electrons. The molecule has 1 aromatic carbocycles. The molecule has 3 nitrogen and oxygen atoms in total. The maximum atomic E-state index is 12.3. The fourth-order valence-corrected chi connectivity index (χ4v) is 2.25. The number of alkyl halides is 1. The number of benzene rings is 1. The van der Waals surface area contributed by atoms with Gasteiger partial charge in [-0.15, -0.1) is 0 Å². The summed E-state index contributed by atoms with van der Waals surface area (Å²) in [6.07, 6.45) is 1.11. The molecule has 19 heavy (non-hydrogen) atoms. The van der Waals surface area contributed by atoms with E-state index in [2.05, 4.69) is 22.9 Å². The van der Waals surface area contributed by atoms with Crippen LogP contribution in [-0.4, -0.2) is 35.3 Å². The Balaban J connectivity index is 2.75. The van der Waals surface area contributed by atoms with E-state index in [1.54, 1.807) is 0 Å². The molecule has 0 atom stereocenters. The second-order valence-electron chi connectivity index (χ2n) is 4.67. The third-order valence-electron chi connectivity index (χ3n) is 2.61. The Morgan fingerprint density at radius 1 is 1.26 bits per heavy atom. The van der Waals surface area contributed by atoms with Crippen molar-refractivity contribution in [3.63, 3.8) is 0 Å². The van der Waals surface area contributed by atoms with E-state index in [1.165, 1.54) is 0 Å². The predicted molar refractivity (Wildman–Crippen MR) is 82.2 cm³/mol. The average Bonchev–Trinajstić information content (AvgIpc) is 2.38. The summed E-state index contributed by atoms with van der Waals surface area (Å²) in [4.78, 5) is 14.2. The fourth-order valence-electron chi connectivity index (χ4n) is 1.82. The Labute approximate surface area is 124 Å². The maximum Gasteiger partial charge on any atom is 0.253 e. The molecule has 0 spiro atoms. The van der Waals surface area contributed by atoms with Crippen molar-refractivity contribution in [1.82, 2.24) is 4.90 Å². The fraction of sp³-hybridized carbons (Fsp3) is 0.533. The summed E-state index contributed by atoms with van der Waals surface area (Å²) in [5.74, 6) is 0.881. The molecule has 0 fully saturated rings. The molecule has 0 aliphatic carbocycles. The number of rotatable bonds is 7. The Morgan fingerprint density at radius 2 is 1.89 bits per heavy atom. The van der Waals surface area contributed by atoms with Crippen LogP contribution in [-0.2, 0) is 0 Å². The summed E-state index contributed by atoms with van der Waals surface area (Å²) in [6, 6.07) is 7.37. The van der Waals surface area contributed by atoms with Gasteiger partial charge in [0.15, 0.2) is 0 Å². The third kappa shape index (κ3) is 5.23. The highest BCUT2D eigenvalue weighted by atomic mass is 79.9. The van der Waals surface area contributed by atoms with Gasteiger partial charge in [-0.1, -0.05) is 22.9 Å². The largest absolute Gasteiger partial charge is 0.491 e. The molecule has 0 unspecified atom stereocenters. The van der Waals surface area contributed by atoms with Gasteiger partial charge in [-0.25, -0.2) is 0 Å². The van der Waals surface area contributed by atoms with Gasteiger partial charge in [-0.05, 0) is 44.5 Å². The van der Waals surface area contributed by atoms with Gasteiger partial charge in [0.2, 0.25) is 0 Å². The number of nitrogens with zero attached hydrogens (tertiary/aromatic N) is 1. The molecule has 0 bridgehead atoms. The monoisotopic (exact) mass is 327 g/mol. The van der Waals surface area contributed by atoms with E-state index < -0.39 is 0 Å². The van der Waals surface area contributed by atoms with Crippen LogP contribution in [0.5, 0.6) is 5.75 Å². The van der Waals surface area contributed by atoms with E-state index in [4.69, 9.17) is 4.74 Å². The van der Waals surface area contributed by atoms with Crippen LogP contribution >= 0.6 is 15.9 Å². The van der Waals surface area contributed by atoms with Gasteiger partial charge in [0.05, 0.1) is 6.10 Å². The van der Waals surface area contributed by atoms with E-state index in [1.807, 2.05) is 43.0 Å². The zero-order chi connectivity index (χ0) is 14.3. The third-order valence-corrected chi connectivity index (χ3v) is 2.96. The minimum atomic E-state index is 0.0809. The molecule has 0 aromatic heterocycles. The van der Waals surface area contributed by atoms with E-state index in [9.17, 15) is 4.79 Å². The molecule has 4 heteroatoms. The summed E-state index contributed by atoms with van der Waals surface area (Å²) < 4.78 is 5.57. The number of hydrogen-bond donors (Lipinski definition) is 0. The van der Waals surface area contributed by atoms with Crippen LogP contribution in [0, 0.1) is 0 Å². The molecular weight excluding hydrogens is 306 g/mol. The van der Waals surface area contributed by atoms with Crippen molar-refractivity contribution in [2.75, 3.05) is 18.4 Å². The summed E-state index contributed by atoms with van der Waals surface area (Å²) in [7, 11) is 0. The topological polar surface area (TPSA) is 29.5 Å². The van der Waals surface area contributed by atoms with Crippen molar-refractivity contribution in [1.29, 1.82) is 0 Å². The molecule has 0 N–H and O–H groups in total. The molecule has 0 radical (unpaired) electrons. The summed E-state index contributed by atoms with van der Waals surface area (Å²) >= 11 is 3.39. The second kappa shape index (κ2) is 8.20. The second-order valence-corrected chi connectivity index (χ2v) is 5.47. The van der Waals surface area contributed by atoms with Crippen molar-refractivity contribution in [3.05, 3.63) is 29.8 Å². The molecule has 0 saturated heterocycles. The van der Waals surface area contributed by atoms with Gasteiger partial charge in [-0.3, -0.25) is 4.79 Å². The molecule has 1 rings (SSSR count). The van der Waals surface area contributed by atoms with Gasteiger partial charge < -0.3 is 9.64 Å². The quantitative estimate of drug-likeness (QED) is 0.714. The van der Waals surface area contributed by atoms with Crippen LogP contribution in [0.15, 0.2) is 24.3 Å². The number of carbonyl (C=O) groups excluding carboxylic acids is 1. The standard InChI is InChI=1S/C15H22BrNO2/c1-4-10-17(11-9-16)15(18)13-5-7-14(8-6-13)19-12(2)3/h5-8,12H,4,9-11H2,1-3H3. The van der Waals surface area contributed by atoms with Crippen LogP contribution in [0.2, 0.25) is 0 Å². The average molecular weight is 328 g/mol. The Hall–Kier alpha value is -1.03. The Morgan fingerprint density at radius 3 is 2.37 bits per heavy atom. The molecule has 1 amide bonds. The van der Waals surface area contributed by atoms with Gasteiger partial charge in [-0.2, -0.15) is 0 Å². The van der Waals surface area contributed by atoms with Gasteiger partial charge in [0.1, 0.15) is 5.75 Å². The van der Waals surface area contributed by atoms with Crippen LogP contribution in [0.3, 0.4) is 0 Å². The van der Waals surface area contributed by atoms with Crippen LogP contribution < -0.4 is 4.74 Å². The maximum absolute atomic E-state index is 12.3. The number of halogens is 1. The Kier molecular flexibility index (Phi) is 6.92. The normalized spacial score (nSPS) is 10.6. The highest BCUT2D eigenvalue weighted by molar-refractivity contribution is 9.09. The highest BCUT2D eigenvalue weighted by Crippen LogP contribution is 2.15. The zero-order valence-electron chi connectivity index (χ0n) is 11.9. The molecule has 0 heterocycles. The number of hydrogen-bond acceptors (Lipinski definition) is 2. The summed E-state index contributed by atoms with van der Waals surface area (Å²) in [5, 5.41) is 0.799. The van der Waals surface area contributed by atoms with Crippen molar-refractivity contribution in [2.45, 2.75) is 33.3 Å². The van der Waals surface area contributed by atoms with Crippen molar-refractivity contribution in [2.24, 2.45) is 0 Å². The first-order chi connectivity index (χ1) is 9.08. The molecular formula is C15H22BrNO2. The number of amides is 1. The smallest absolute Gasteiger partial charge is 0.253 e. The van der Waals surface area contributed by atoms with E-state index in [0.29, 0.717) is 5.56 Å². The van der Waals surface area contributed by atoms with Crippen LogP contribution in [0.1, 0.15) is 37.6 Å². The van der Waals surface area contributed by atoms with Gasteiger partial charge >= 0.3 is 0 Å². The number of carbonyl (C=O) groups is 1. The SMILES string of the molecule is CCCN(CCBr)C(=O)c1ccc(OC(C)C)cc1. The molecule has 0 aliphatic rings. The van der Waals surface area contributed by atoms with E-state index in [0.717, 1.165) is 30.6 Å². The van der Waals surface area contributed by atoms with Gasteiger partial charge in [0.25, 0.3) is 5.91 Å². The van der Waals surface area contributed by atoms with Crippen LogP contribution in [0.4, 0.5) is 0 Å². The summed E-state index contributed by atoms with van der Waals surface area (Å²) in [5.41, 5.74) is 0.713. The van der Waals surface area contributed by atoms with E-state index >= 15 is 0 Å². The van der Waals surface area contributed by atoms with Crippen molar-refractivity contribution >= 4 is 21.8 Å². The molecule has 1 aromatic rings. The minimum Gasteiger partial charge on any atom is -0.491 e. The van der Waals surface area contributed by atoms with Gasteiger partial charge in [0, 0.05) is 24.0 Å². The lowest BCUT2D eigenvalue weighted by molar-refractivity contribution is 0.0766. The minimum absolute atomic E-state index is 0.0809. The molecule has 0 saturated carbocycles. The Bertz CT molecular complexity index is 384. The first-order valence-electron chi connectivity index (χ1n) is 6.70. The van der Waals surface area contributed by atoms with Crippen molar-refractivity contribution in [3.8, 4) is 5.75 Å². The van der Waals surface area contributed by atoms with E-state index in [-0.39, 0.29) is 12.0 Å². The zero-order valence-corrected chi connectivity index (χ0v) is 13.4. The number of ether oxygens (including phenoxy) is 1. The highest BCUT2D eigenvalue weighted by Gasteiger charge is 2.14. The lowest BCUT2D eigenvalue weighted by atomic mass is 10.2. The first kappa shape index (κ1) is 16.0. The molecule has 0 aliphatic heterocycles.